The smallest absolute Gasteiger partial charge is 0.218 e. The third-order valence-corrected chi connectivity index (χ3v) is 5.34. The van der Waals surface area contributed by atoms with Crippen LogP contribution in [0.4, 0.5) is 5.69 Å². The summed E-state index contributed by atoms with van der Waals surface area (Å²) in [4.78, 5) is 0. The molecule has 2 N–H and O–H groups in total. The van der Waals surface area contributed by atoms with Gasteiger partial charge in [-0.3, -0.25) is 0 Å². The van der Waals surface area contributed by atoms with Gasteiger partial charge in [0.1, 0.15) is 0 Å². The van der Waals surface area contributed by atoms with Crippen molar-refractivity contribution in [2.45, 2.75) is 26.0 Å². The highest BCUT2D eigenvalue weighted by atomic mass is 32.2. The lowest BCUT2D eigenvalue weighted by Crippen LogP contribution is -2.43. The first-order valence-corrected chi connectivity index (χ1v) is 8.30. The van der Waals surface area contributed by atoms with Crippen LogP contribution in [-0.2, 0) is 15.8 Å². The molecule has 0 aliphatic carbocycles. The van der Waals surface area contributed by atoms with Gasteiger partial charge in [0.25, 0.3) is 0 Å². The van der Waals surface area contributed by atoms with E-state index in [1.54, 1.807) is 28.6 Å². The highest BCUT2D eigenvalue weighted by Crippen LogP contribution is 2.24. The first-order valence-electron chi connectivity index (χ1n) is 6.69. The van der Waals surface area contributed by atoms with Crippen molar-refractivity contribution < 1.29 is 8.42 Å². The summed E-state index contributed by atoms with van der Waals surface area (Å²) in [6.45, 7) is 5.51. The van der Waals surface area contributed by atoms with Crippen molar-refractivity contribution in [2.75, 3.05) is 18.8 Å². The lowest BCUT2D eigenvalue weighted by molar-refractivity contribution is 0.222. The van der Waals surface area contributed by atoms with Gasteiger partial charge < -0.3 is 5.73 Å². The zero-order chi connectivity index (χ0) is 14.0. The minimum atomic E-state index is -3.22. The van der Waals surface area contributed by atoms with Crippen molar-refractivity contribution in [1.82, 2.24) is 4.31 Å². The summed E-state index contributed by atoms with van der Waals surface area (Å²) in [5, 5.41) is 0. The monoisotopic (exact) mass is 282 g/mol. The molecule has 0 unspecified atom stereocenters. The maximum Gasteiger partial charge on any atom is 0.218 e. The Morgan fingerprint density at radius 2 is 1.68 bits per heavy atom. The fourth-order valence-electron chi connectivity index (χ4n) is 2.75. The summed E-state index contributed by atoms with van der Waals surface area (Å²) in [5.74, 6) is 0.932. The van der Waals surface area contributed by atoms with E-state index in [0.29, 0.717) is 30.6 Å². The lowest BCUT2D eigenvalue weighted by Gasteiger charge is -2.34. The summed E-state index contributed by atoms with van der Waals surface area (Å²) in [6.07, 6.45) is 1.11. The van der Waals surface area contributed by atoms with Crippen LogP contribution in [0.2, 0.25) is 0 Å². The van der Waals surface area contributed by atoms with Crippen LogP contribution >= 0.6 is 0 Å². The third-order valence-electron chi connectivity index (χ3n) is 3.56. The molecule has 0 saturated carbocycles. The van der Waals surface area contributed by atoms with Crippen molar-refractivity contribution in [2.24, 2.45) is 11.8 Å². The number of rotatable bonds is 3. The molecule has 1 heterocycles. The second kappa shape index (κ2) is 5.51. The summed E-state index contributed by atoms with van der Waals surface area (Å²) >= 11 is 0. The number of nitrogen functional groups attached to an aromatic ring is 1. The molecule has 1 aromatic carbocycles. The van der Waals surface area contributed by atoms with Gasteiger partial charge >= 0.3 is 0 Å². The molecule has 106 valence electrons. The second-order valence-corrected chi connectivity index (χ2v) is 7.73. The Labute approximate surface area is 115 Å². The molecule has 2 atom stereocenters. The average Bonchev–Trinajstić information content (AvgIpc) is 2.31. The largest absolute Gasteiger partial charge is 0.399 e. The van der Waals surface area contributed by atoms with E-state index in [2.05, 4.69) is 13.8 Å². The molecule has 1 saturated heterocycles. The quantitative estimate of drug-likeness (QED) is 0.863. The van der Waals surface area contributed by atoms with Crippen LogP contribution in [0.15, 0.2) is 24.3 Å². The molecule has 4 nitrogen and oxygen atoms in total. The van der Waals surface area contributed by atoms with E-state index in [9.17, 15) is 8.42 Å². The molecule has 1 aliphatic rings. The Kier molecular flexibility index (Phi) is 4.16. The summed E-state index contributed by atoms with van der Waals surface area (Å²) < 4.78 is 26.5. The number of benzene rings is 1. The number of hydrogen-bond acceptors (Lipinski definition) is 3. The molecule has 0 radical (unpaired) electrons. The molecular formula is C14H22N2O2S. The number of nitrogens with zero attached hydrogens (tertiary/aromatic N) is 1. The number of piperidine rings is 1. The van der Waals surface area contributed by atoms with Gasteiger partial charge in [0.15, 0.2) is 0 Å². The van der Waals surface area contributed by atoms with E-state index in [-0.39, 0.29) is 5.75 Å². The van der Waals surface area contributed by atoms with Gasteiger partial charge in [-0.05, 0) is 36.0 Å². The normalized spacial score (nSPS) is 25.4. The topological polar surface area (TPSA) is 63.4 Å². The molecule has 0 amide bonds. The molecule has 19 heavy (non-hydrogen) atoms. The molecule has 1 aliphatic heterocycles. The van der Waals surface area contributed by atoms with Crippen LogP contribution in [0.25, 0.3) is 0 Å². The maximum atomic E-state index is 12.4. The highest BCUT2D eigenvalue weighted by molar-refractivity contribution is 7.88. The van der Waals surface area contributed by atoms with Crippen LogP contribution in [0, 0.1) is 11.8 Å². The standard InChI is InChI=1S/C14H22N2O2S/c1-11-7-12(2)9-16(8-11)19(17,18)10-13-3-5-14(15)6-4-13/h3-6,11-12H,7-10,15H2,1-2H3/t11-,12+. The van der Waals surface area contributed by atoms with Gasteiger partial charge in [0.2, 0.25) is 10.0 Å². The SMILES string of the molecule is C[C@@H]1C[C@H](C)CN(S(=O)(=O)Cc2ccc(N)cc2)C1. The van der Waals surface area contributed by atoms with Crippen LogP contribution in [0.1, 0.15) is 25.8 Å². The predicted molar refractivity (Wildman–Crippen MR) is 78.0 cm³/mol. The van der Waals surface area contributed by atoms with E-state index in [1.165, 1.54) is 0 Å². The molecule has 0 bridgehead atoms. The molecule has 2 rings (SSSR count). The van der Waals surface area contributed by atoms with Crippen LogP contribution in [0.5, 0.6) is 0 Å². The van der Waals surface area contributed by atoms with E-state index in [4.69, 9.17) is 5.73 Å². The van der Waals surface area contributed by atoms with Gasteiger partial charge in [-0.1, -0.05) is 26.0 Å². The number of anilines is 1. The van der Waals surface area contributed by atoms with Gasteiger partial charge in [0.05, 0.1) is 5.75 Å². The van der Waals surface area contributed by atoms with Gasteiger partial charge in [-0.25, -0.2) is 12.7 Å². The van der Waals surface area contributed by atoms with E-state index < -0.39 is 10.0 Å². The lowest BCUT2D eigenvalue weighted by atomic mass is 9.94. The molecular weight excluding hydrogens is 260 g/mol. The zero-order valence-corrected chi connectivity index (χ0v) is 12.4. The fraction of sp³-hybridized carbons (Fsp3) is 0.571. The number of sulfonamides is 1. The zero-order valence-electron chi connectivity index (χ0n) is 11.5. The Morgan fingerprint density at radius 3 is 2.21 bits per heavy atom. The summed E-state index contributed by atoms with van der Waals surface area (Å²) in [6, 6.07) is 7.05. The minimum Gasteiger partial charge on any atom is -0.399 e. The van der Waals surface area contributed by atoms with E-state index in [0.717, 1.165) is 12.0 Å². The molecule has 0 aromatic heterocycles. The Bertz CT molecular complexity index is 515. The fourth-order valence-corrected chi connectivity index (χ4v) is 4.51. The van der Waals surface area contributed by atoms with Crippen molar-refractivity contribution in [3.63, 3.8) is 0 Å². The maximum absolute atomic E-state index is 12.4. The first-order chi connectivity index (χ1) is 8.87. The van der Waals surface area contributed by atoms with E-state index >= 15 is 0 Å². The van der Waals surface area contributed by atoms with Crippen LogP contribution in [0.3, 0.4) is 0 Å². The molecule has 0 spiro atoms. The van der Waals surface area contributed by atoms with Crippen LogP contribution < -0.4 is 5.73 Å². The number of hydrogen-bond donors (Lipinski definition) is 1. The second-order valence-electron chi connectivity index (χ2n) is 5.76. The van der Waals surface area contributed by atoms with E-state index in [1.807, 2.05) is 0 Å². The summed E-state index contributed by atoms with van der Waals surface area (Å²) in [7, 11) is -3.22. The van der Waals surface area contributed by atoms with Crippen molar-refractivity contribution in [3.8, 4) is 0 Å². The number of nitrogens with two attached hydrogens (primary N) is 1. The Balaban J connectivity index is 2.11. The molecule has 1 aromatic rings. The van der Waals surface area contributed by atoms with Crippen molar-refractivity contribution >= 4 is 15.7 Å². The van der Waals surface area contributed by atoms with Crippen LogP contribution in [-0.4, -0.2) is 25.8 Å². The minimum absolute atomic E-state index is 0.0622. The average molecular weight is 282 g/mol. The third kappa shape index (κ3) is 3.70. The molecule has 1 fully saturated rings. The van der Waals surface area contributed by atoms with Gasteiger partial charge in [0, 0.05) is 18.8 Å². The highest BCUT2D eigenvalue weighted by Gasteiger charge is 2.30. The Hall–Kier alpha value is -1.07. The predicted octanol–water partition coefficient (Wildman–Crippen LogP) is 2.08. The summed E-state index contributed by atoms with van der Waals surface area (Å²) in [5.41, 5.74) is 7.06. The Morgan fingerprint density at radius 1 is 1.16 bits per heavy atom. The van der Waals surface area contributed by atoms with Gasteiger partial charge in [-0.15, -0.1) is 0 Å². The first kappa shape index (κ1) is 14.3. The molecule has 5 heteroatoms. The van der Waals surface area contributed by atoms with Crippen molar-refractivity contribution in [1.29, 1.82) is 0 Å². The van der Waals surface area contributed by atoms with Gasteiger partial charge in [-0.2, -0.15) is 0 Å². The van der Waals surface area contributed by atoms with Crippen molar-refractivity contribution in [3.05, 3.63) is 29.8 Å².